The Morgan fingerprint density at radius 3 is 2.13 bits per heavy atom. The maximum atomic E-state index is 2.29. The standard InChI is InChI=1S/C17H29N2.2C2H6/c1-5-7-8-11-14-18(3)15-19(4)17-13-10-9-12-16(17)6-2;2*1-2/h9-10,12-13,15H,5-8,11,14H2,1-4H3;2*1-2H3/q+1;;. The fraction of sp³-hybridized carbons (Fsp3) is 0.667. The lowest BCUT2D eigenvalue weighted by atomic mass is 10.1. The van der Waals surface area contributed by atoms with Gasteiger partial charge in [0.1, 0.15) is 5.69 Å². The van der Waals surface area contributed by atoms with Crippen molar-refractivity contribution in [2.45, 2.75) is 73.6 Å². The highest BCUT2D eigenvalue weighted by molar-refractivity contribution is 5.76. The molecule has 0 spiro atoms. The maximum Gasteiger partial charge on any atom is 0.238 e. The van der Waals surface area contributed by atoms with Gasteiger partial charge in [-0.25, -0.2) is 4.90 Å². The summed E-state index contributed by atoms with van der Waals surface area (Å²) in [5, 5.41) is 0. The van der Waals surface area contributed by atoms with Crippen LogP contribution >= 0.6 is 0 Å². The summed E-state index contributed by atoms with van der Waals surface area (Å²) in [6.45, 7) is 13.6. The smallest absolute Gasteiger partial charge is 0.238 e. The molecule has 0 saturated carbocycles. The molecule has 23 heavy (non-hydrogen) atoms. The first kappa shape index (κ1) is 23.9. The van der Waals surface area contributed by atoms with Gasteiger partial charge >= 0.3 is 0 Å². The zero-order chi connectivity index (χ0) is 18.1. The molecule has 0 aliphatic carbocycles. The van der Waals surface area contributed by atoms with E-state index < -0.39 is 0 Å². The molecule has 0 fully saturated rings. The zero-order valence-corrected chi connectivity index (χ0v) is 17.0. The molecular weight excluding hydrogens is 280 g/mol. The van der Waals surface area contributed by atoms with Crippen molar-refractivity contribution in [1.82, 2.24) is 0 Å². The van der Waals surface area contributed by atoms with Gasteiger partial charge in [-0.05, 0) is 30.9 Å². The Labute approximate surface area is 146 Å². The Morgan fingerprint density at radius 2 is 1.57 bits per heavy atom. The van der Waals surface area contributed by atoms with Gasteiger partial charge < -0.3 is 0 Å². The fourth-order valence-electron chi connectivity index (χ4n) is 2.36. The van der Waals surface area contributed by atoms with E-state index >= 15 is 0 Å². The van der Waals surface area contributed by atoms with E-state index in [-0.39, 0.29) is 0 Å². The van der Waals surface area contributed by atoms with Crippen molar-refractivity contribution in [1.29, 1.82) is 0 Å². The Balaban J connectivity index is 0. The number of hydrogen-bond acceptors (Lipinski definition) is 0. The SMILES string of the molecule is CC.CC.CCCCCC[N+](C)=CN(C)c1ccccc1CC. The number of aryl methyl sites for hydroxylation is 1. The molecule has 0 N–H and O–H groups in total. The third-order valence-electron chi connectivity index (χ3n) is 3.49. The van der Waals surface area contributed by atoms with Crippen molar-refractivity contribution in [3.63, 3.8) is 0 Å². The highest BCUT2D eigenvalue weighted by Crippen LogP contribution is 2.18. The highest BCUT2D eigenvalue weighted by atomic mass is 15.2. The maximum absolute atomic E-state index is 2.29. The summed E-state index contributed by atoms with van der Waals surface area (Å²) in [6, 6.07) is 8.63. The molecule has 0 radical (unpaired) electrons. The Hall–Kier alpha value is -1.31. The van der Waals surface area contributed by atoms with Crippen LogP contribution in [0.15, 0.2) is 24.3 Å². The minimum atomic E-state index is 1.08. The summed E-state index contributed by atoms with van der Waals surface area (Å²) in [5.74, 6) is 0. The average molecular weight is 322 g/mol. The second-order valence-electron chi connectivity index (χ2n) is 5.25. The summed E-state index contributed by atoms with van der Waals surface area (Å²) < 4.78 is 2.29. The van der Waals surface area contributed by atoms with Crippen LogP contribution in [0, 0.1) is 0 Å². The van der Waals surface area contributed by atoms with Gasteiger partial charge in [-0.15, -0.1) is 0 Å². The van der Waals surface area contributed by atoms with Crippen molar-refractivity contribution in [3.05, 3.63) is 29.8 Å². The number of rotatable bonds is 8. The lowest BCUT2D eigenvalue weighted by Crippen LogP contribution is -2.24. The molecule has 1 aromatic carbocycles. The molecule has 0 aliphatic heterocycles. The molecule has 0 bridgehead atoms. The van der Waals surface area contributed by atoms with Gasteiger partial charge in [0, 0.05) is 0 Å². The minimum Gasteiger partial charge on any atom is -0.271 e. The van der Waals surface area contributed by atoms with Crippen LogP contribution in [-0.2, 0) is 6.42 Å². The van der Waals surface area contributed by atoms with Crippen molar-refractivity contribution in [3.8, 4) is 0 Å². The lowest BCUT2D eigenvalue weighted by molar-refractivity contribution is -0.494. The summed E-state index contributed by atoms with van der Waals surface area (Å²) in [4.78, 5) is 2.23. The summed E-state index contributed by atoms with van der Waals surface area (Å²) in [5.41, 5.74) is 2.71. The number of hydrogen-bond donors (Lipinski definition) is 0. The molecule has 0 amide bonds. The number of unbranched alkanes of at least 4 members (excludes halogenated alkanes) is 3. The summed E-state index contributed by atoms with van der Waals surface area (Å²) in [6.07, 6.45) is 8.56. The van der Waals surface area contributed by atoms with Crippen LogP contribution in [0.4, 0.5) is 5.69 Å². The van der Waals surface area contributed by atoms with Crippen LogP contribution in [0.3, 0.4) is 0 Å². The minimum absolute atomic E-state index is 1.08. The normalized spacial score (nSPS) is 10.2. The third-order valence-corrected chi connectivity index (χ3v) is 3.49. The van der Waals surface area contributed by atoms with E-state index in [0.717, 1.165) is 13.0 Å². The number of anilines is 1. The predicted octanol–water partition coefficient (Wildman–Crippen LogP) is 5.99. The van der Waals surface area contributed by atoms with E-state index in [1.165, 1.54) is 36.9 Å². The Kier molecular flexibility index (Phi) is 17.8. The van der Waals surface area contributed by atoms with E-state index in [0.29, 0.717) is 0 Å². The van der Waals surface area contributed by atoms with Gasteiger partial charge in [-0.3, -0.25) is 4.58 Å². The van der Waals surface area contributed by atoms with Gasteiger partial charge in [-0.1, -0.05) is 72.6 Å². The van der Waals surface area contributed by atoms with Crippen LogP contribution in [0.25, 0.3) is 0 Å². The van der Waals surface area contributed by atoms with E-state index in [2.05, 4.69) is 68.0 Å². The number of nitrogens with zero attached hydrogens (tertiary/aromatic N) is 2. The molecule has 1 rings (SSSR count). The fourth-order valence-corrected chi connectivity index (χ4v) is 2.36. The topological polar surface area (TPSA) is 6.25 Å². The second-order valence-corrected chi connectivity index (χ2v) is 5.25. The van der Waals surface area contributed by atoms with Crippen molar-refractivity contribution in [2.24, 2.45) is 0 Å². The molecule has 0 aromatic heterocycles. The molecule has 0 heterocycles. The monoisotopic (exact) mass is 321 g/mol. The molecule has 134 valence electrons. The van der Waals surface area contributed by atoms with Gasteiger partial charge in [0.05, 0.1) is 20.6 Å². The molecule has 0 aliphatic rings. The Morgan fingerprint density at radius 1 is 0.957 bits per heavy atom. The first-order valence-corrected chi connectivity index (χ1v) is 9.55. The van der Waals surface area contributed by atoms with Crippen molar-refractivity contribution in [2.75, 3.05) is 25.5 Å². The van der Waals surface area contributed by atoms with Crippen LogP contribution in [0.5, 0.6) is 0 Å². The first-order chi connectivity index (χ1) is 11.2. The molecule has 2 nitrogen and oxygen atoms in total. The van der Waals surface area contributed by atoms with Gasteiger partial charge in [0.2, 0.25) is 6.34 Å². The molecule has 1 aromatic rings. The summed E-state index contributed by atoms with van der Waals surface area (Å²) in [7, 11) is 4.30. The molecule has 2 heteroatoms. The molecular formula is C21H41N2+. The van der Waals surface area contributed by atoms with Crippen molar-refractivity contribution < 1.29 is 4.58 Å². The van der Waals surface area contributed by atoms with Crippen LogP contribution in [0.2, 0.25) is 0 Å². The third kappa shape index (κ3) is 11.0. The van der Waals surface area contributed by atoms with E-state index in [1.54, 1.807) is 0 Å². The van der Waals surface area contributed by atoms with E-state index in [9.17, 15) is 0 Å². The first-order valence-electron chi connectivity index (χ1n) is 9.55. The van der Waals surface area contributed by atoms with Crippen LogP contribution < -0.4 is 4.90 Å². The molecule has 0 unspecified atom stereocenters. The van der Waals surface area contributed by atoms with Gasteiger partial charge in [0.15, 0.2) is 0 Å². The average Bonchev–Trinajstić information content (AvgIpc) is 2.62. The summed E-state index contributed by atoms with van der Waals surface area (Å²) >= 11 is 0. The number of para-hydroxylation sites is 1. The number of benzene rings is 1. The van der Waals surface area contributed by atoms with Crippen LogP contribution in [-0.4, -0.2) is 31.6 Å². The predicted molar refractivity (Wildman–Crippen MR) is 108 cm³/mol. The zero-order valence-electron chi connectivity index (χ0n) is 17.0. The van der Waals surface area contributed by atoms with Gasteiger partial charge in [0.25, 0.3) is 0 Å². The quantitative estimate of drug-likeness (QED) is 0.247. The Bertz CT molecular complexity index is 397. The van der Waals surface area contributed by atoms with E-state index in [1.807, 2.05) is 27.7 Å². The largest absolute Gasteiger partial charge is 0.271 e. The molecule has 0 atom stereocenters. The van der Waals surface area contributed by atoms with Gasteiger partial charge in [-0.2, -0.15) is 0 Å². The second kappa shape index (κ2) is 17.1. The van der Waals surface area contributed by atoms with Crippen LogP contribution in [0.1, 0.15) is 72.8 Å². The van der Waals surface area contributed by atoms with E-state index in [4.69, 9.17) is 0 Å². The lowest BCUT2D eigenvalue weighted by Gasteiger charge is -2.12. The van der Waals surface area contributed by atoms with Crippen molar-refractivity contribution >= 4 is 12.0 Å². The highest BCUT2D eigenvalue weighted by Gasteiger charge is 2.09. The molecule has 0 saturated heterocycles.